The van der Waals surface area contributed by atoms with E-state index in [9.17, 15) is 4.39 Å². The summed E-state index contributed by atoms with van der Waals surface area (Å²) in [4.78, 5) is 11.9. The van der Waals surface area contributed by atoms with Crippen LogP contribution in [-0.4, -0.2) is 28.6 Å². The number of hydrogen-bond donors (Lipinski definition) is 1. The van der Waals surface area contributed by atoms with Gasteiger partial charge in [-0.1, -0.05) is 15.9 Å². The number of hydrogen-bond acceptors (Lipinski definition) is 6. The Morgan fingerprint density at radius 3 is 2.65 bits per heavy atom. The summed E-state index contributed by atoms with van der Waals surface area (Å²) in [6.45, 7) is 2.52. The zero-order valence-corrected chi connectivity index (χ0v) is 12.4. The molecule has 0 saturated carbocycles. The molecule has 20 heavy (non-hydrogen) atoms. The topological polar surface area (TPSA) is 69.2 Å². The molecule has 0 aliphatic heterocycles. The van der Waals surface area contributed by atoms with Crippen LogP contribution < -0.4 is 14.8 Å². The number of rotatable bonds is 5. The molecule has 0 unspecified atom stereocenters. The van der Waals surface area contributed by atoms with Crippen LogP contribution in [0.1, 0.15) is 6.92 Å². The normalized spacial score (nSPS) is 10.2. The van der Waals surface area contributed by atoms with Crippen molar-refractivity contribution < 1.29 is 13.9 Å². The van der Waals surface area contributed by atoms with Crippen molar-refractivity contribution in [2.75, 3.05) is 19.0 Å². The van der Waals surface area contributed by atoms with E-state index in [-0.39, 0.29) is 17.8 Å². The highest BCUT2D eigenvalue weighted by Crippen LogP contribution is 2.26. The molecule has 1 aromatic heterocycles. The fourth-order valence-electron chi connectivity index (χ4n) is 1.37. The average Bonchev–Trinajstić information content (AvgIpc) is 2.42. The number of aromatic nitrogens is 3. The summed E-state index contributed by atoms with van der Waals surface area (Å²) in [5.74, 6) is -0.209. The molecule has 1 heterocycles. The quantitative estimate of drug-likeness (QED) is 0.900. The van der Waals surface area contributed by atoms with Crippen molar-refractivity contribution >= 4 is 21.9 Å². The average molecular weight is 343 g/mol. The fraction of sp³-hybridized carbons (Fsp3) is 0.250. The summed E-state index contributed by atoms with van der Waals surface area (Å²) in [5, 5.41) is 2.91. The second-order valence-electron chi connectivity index (χ2n) is 3.64. The van der Waals surface area contributed by atoms with Gasteiger partial charge in [-0.25, -0.2) is 4.39 Å². The smallest absolute Gasteiger partial charge is 0.330 e. The minimum absolute atomic E-state index is 0.0175. The number of nitrogens with zero attached hydrogens (tertiary/aromatic N) is 3. The predicted octanol–water partition coefficient (Wildman–Crippen LogP) is 3.01. The lowest BCUT2D eigenvalue weighted by atomic mass is 10.3. The van der Waals surface area contributed by atoms with Gasteiger partial charge < -0.3 is 14.8 Å². The van der Waals surface area contributed by atoms with E-state index in [1.165, 1.54) is 19.2 Å². The lowest BCUT2D eigenvalue weighted by Crippen LogP contribution is -2.06. The van der Waals surface area contributed by atoms with E-state index < -0.39 is 5.82 Å². The summed E-state index contributed by atoms with van der Waals surface area (Å²) in [7, 11) is 1.43. The molecule has 1 aromatic carbocycles. The van der Waals surface area contributed by atoms with Gasteiger partial charge in [0.15, 0.2) is 11.6 Å². The predicted molar refractivity (Wildman–Crippen MR) is 74.7 cm³/mol. The summed E-state index contributed by atoms with van der Waals surface area (Å²) >= 11 is 3.17. The lowest BCUT2D eigenvalue weighted by Gasteiger charge is -2.08. The Morgan fingerprint density at radius 1 is 1.25 bits per heavy atom. The van der Waals surface area contributed by atoms with E-state index >= 15 is 0 Å². The van der Waals surface area contributed by atoms with Crippen molar-refractivity contribution in [2.45, 2.75) is 6.92 Å². The maximum atomic E-state index is 13.7. The Morgan fingerprint density at radius 2 is 2.00 bits per heavy atom. The monoisotopic (exact) mass is 342 g/mol. The first-order chi connectivity index (χ1) is 9.62. The molecule has 0 fully saturated rings. The van der Waals surface area contributed by atoms with E-state index in [4.69, 9.17) is 9.47 Å². The van der Waals surface area contributed by atoms with Crippen molar-refractivity contribution in [1.29, 1.82) is 0 Å². The third-order valence-electron chi connectivity index (χ3n) is 2.21. The van der Waals surface area contributed by atoms with Crippen molar-refractivity contribution in [3.63, 3.8) is 0 Å². The summed E-state index contributed by atoms with van der Waals surface area (Å²) < 4.78 is 24.6. The molecule has 0 aliphatic rings. The van der Waals surface area contributed by atoms with E-state index in [0.29, 0.717) is 17.0 Å². The molecule has 0 amide bonds. The van der Waals surface area contributed by atoms with Crippen molar-refractivity contribution in [2.24, 2.45) is 0 Å². The molecule has 1 N–H and O–H groups in total. The Kier molecular flexibility index (Phi) is 4.67. The van der Waals surface area contributed by atoms with Crippen LogP contribution in [0.25, 0.3) is 0 Å². The number of nitrogens with one attached hydrogen (secondary N) is 1. The van der Waals surface area contributed by atoms with E-state index in [1.54, 1.807) is 6.07 Å². The Balaban J connectivity index is 2.29. The van der Waals surface area contributed by atoms with Gasteiger partial charge in [-0.2, -0.15) is 9.97 Å². The van der Waals surface area contributed by atoms with Crippen molar-refractivity contribution in [3.8, 4) is 17.8 Å². The number of halogens is 2. The van der Waals surface area contributed by atoms with Gasteiger partial charge in [-0.3, -0.25) is 0 Å². The summed E-state index contributed by atoms with van der Waals surface area (Å²) in [6, 6.07) is 4.46. The lowest BCUT2D eigenvalue weighted by molar-refractivity contribution is 0.355. The Hall–Kier alpha value is -1.96. The first-order valence-electron chi connectivity index (χ1n) is 5.79. The van der Waals surface area contributed by atoms with Gasteiger partial charge in [0, 0.05) is 11.0 Å². The van der Waals surface area contributed by atoms with E-state index in [2.05, 4.69) is 36.2 Å². The molecular weight excluding hydrogens is 331 g/mol. The zero-order chi connectivity index (χ0) is 14.5. The highest BCUT2D eigenvalue weighted by atomic mass is 79.9. The second-order valence-corrected chi connectivity index (χ2v) is 4.55. The van der Waals surface area contributed by atoms with Gasteiger partial charge >= 0.3 is 12.0 Å². The van der Waals surface area contributed by atoms with Gasteiger partial charge in [-0.15, -0.1) is 4.98 Å². The molecule has 106 valence electrons. The molecule has 0 bridgehead atoms. The number of methoxy groups -OCH3 is 1. The first kappa shape index (κ1) is 14.4. The SMILES string of the molecule is CCNc1nc(OC)nc(Oc2ccc(Br)cc2F)n1. The molecule has 2 rings (SSSR count). The fourth-order valence-corrected chi connectivity index (χ4v) is 1.70. The highest BCUT2D eigenvalue weighted by molar-refractivity contribution is 9.10. The molecule has 6 nitrogen and oxygen atoms in total. The van der Waals surface area contributed by atoms with Crippen LogP contribution >= 0.6 is 15.9 Å². The molecule has 0 atom stereocenters. The Bertz CT molecular complexity index is 612. The maximum absolute atomic E-state index is 13.7. The van der Waals surface area contributed by atoms with Gasteiger partial charge in [0.25, 0.3) is 0 Å². The number of anilines is 1. The number of ether oxygens (including phenoxy) is 2. The molecule has 0 spiro atoms. The summed E-state index contributed by atoms with van der Waals surface area (Å²) in [5.41, 5.74) is 0. The van der Waals surface area contributed by atoms with Crippen LogP contribution in [0.5, 0.6) is 17.8 Å². The van der Waals surface area contributed by atoms with Crippen molar-refractivity contribution in [3.05, 3.63) is 28.5 Å². The largest absolute Gasteiger partial charge is 0.467 e. The van der Waals surface area contributed by atoms with E-state index in [1.807, 2.05) is 6.92 Å². The van der Waals surface area contributed by atoms with Gasteiger partial charge in [0.1, 0.15) is 0 Å². The van der Waals surface area contributed by atoms with Gasteiger partial charge in [-0.05, 0) is 25.1 Å². The zero-order valence-electron chi connectivity index (χ0n) is 10.9. The molecular formula is C12H12BrFN4O2. The standard InChI is InChI=1S/C12H12BrFN4O2/c1-3-15-10-16-11(19-2)18-12(17-10)20-9-5-4-7(13)6-8(9)14/h4-6H,3H2,1-2H3,(H,15,16,17,18). The Labute approximate surface area is 123 Å². The molecule has 0 aliphatic carbocycles. The first-order valence-corrected chi connectivity index (χ1v) is 6.58. The minimum Gasteiger partial charge on any atom is -0.467 e. The molecule has 0 saturated heterocycles. The minimum atomic E-state index is -0.524. The van der Waals surface area contributed by atoms with Crippen LogP contribution in [0, 0.1) is 5.82 Å². The van der Waals surface area contributed by atoms with Crippen LogP contribution in [-0.2, 0) is 0 Å². The third kappa shape index (κ3) is 3.53. The maximum Gasteiger partial charge on any atom is 0.330 e. The second kappa shape index (κ2) is 6.47. The van der Waals surface area contributed by atoms with Crippen molar-refractivity contribution in [1.82, 2.24) is 15.0 Å². The van der Waals surface area contributed by atoms with Gasteiger partial charge in [0.05, 0.1) is 7.11 Å². The summed E-state index contributed by atoms with van der Waals surface area (Å²) in [6.07, 6.45) is 0. The van der Waals surface area contributed by atoms with E-state index in [0.717, 1.165) is 0 Å². The van der Waals surface area contributed by atoms with Crippen LogP contribution in [0.2, 0.25) is 0 Å². The van der Waals surface area contributed by atoms with Crippen LogP contribution in [0.15, 0.2) is 22.7 Å². The molecule has 2 aromatic rings. The van der Waals surface area contributed by atoms with Gasteiger partial charge in [0.2, 0.25) is 5.95 Å². The highest BCUT2D eigenvalue weighted by Gasteiger charge is 2.11. The molecule has 8 heteroatoms. The third-order valence-corrected chi connectivity index (χ3v) is 2.70. The van der Waals surface area contributed by atoms with Crippen LogP contribution in [0.3, 0.4) is 0 Å². The van der Waals surface area contributed by atoms with Crippen LogP contribution in [0.4, 0.5) is 10.3 Å². The number of benzene rings is 1. The molecule has 0 radical (unpaired) electrons.